The van der Waals surface area contributed by atoms with Crippen LogP contribution in [-0.4, -0.2) is 11.0 Å². The summed E-state index contributed by atoms with van der Waals surface area (Å²) in [6.07, 6.45) is 5.51. The Morgan fingerprint density at radius 1 is 0.864 bits per heavy atom. The molecule has 0 N–H and O–H groups in total. The number of hydrogen-bond acceptors (Lipinski definition) is 3. The van der Waals surface area contributed by atoms with Gasteiger partial charge in [0.15, 0.2) is 5.78 Å². The zero-order valence-corrected chi connectivity index (χ0v) is 14.4. The first kappa shape index (κ1) is 15.7. The van der Waals surface area contributed by atoms with Gasteiger partial charge < -0.3 is 0 Å². The third-order valence-electron chi connectivity index (χ3n) is 3.93. The van der Waals surface area contributed by atoms with Gasteiger partial charge in [0.05, 0.1) is 0 Å². The summed E-state index contributed by atoms with van der Waals surface area (Å²) in [4.78, 5) is 15.1. The van der Waals surface area contributed by atoms with E-state index in [0.717, 1.165) is 10.8 Å². The second kappa shape index (κ2) is 7.38. The van der Waals surface area contributed by atoms with Gasteiger partial charge in [0.2, 0.25) is 0 Å². The second-order valence-electron chi connectivity index (χ2n) is 5.68. The van der Waals surface area contributed by atoms with Gasteiger partial charge in [-0.15, -0.1) is 11.8 Å². The van der Waals surface area contributed by atoms with Gasteiger partial charge in [0.1, 0.15) is 0 Å². The van der Waals surface area contributed by atoms with Gasteiger partial charge in [0, 0.05) is 25.5 Å². The minimum atomic E-state index is 0.116. The quantitative estimate of drug-likeness (QED) is 0.620. The van der Waals surface area contributed by atoms with Gasteiger partial charge in [-0.2, -0.15) is 0 Å². The molecule has 0 radical (unpaired) electrons. The van der Waals surface area contributed by atoms with Crippen LogP contribution >= 0.6 is 23.5 Å². The molecule has 0 aromatic heterocycles. The highest BCUT2D eigenvalue weighted by Gasteiger charge is 2.15. The molecule has 1 aliphatic carbocycles. The van der Waals surface area contributed by atoms with E-state index >= 15 is 0 Å². The molecule has 0 saturated heterocycles. The Hall–Kier alpha value is -1.19. The Labute approximate surface area is 140 Å². The number of benzene rings is 2. The van der Waals surface area contributed by atoms with Gasteiger partial charge in [0.25, 0.3) is 0 Å². The predicted octanol–water partition coefficient (Wildman–Crippen LogP) is 6.08. The van der Waals surface area contributed by atoms with Gasteiger partial charge in [-0.3, -0.25) is 4.79 Å². The molecule has 2 aromatic rings. The topological polar surface area (TPSA) is 17.1 Å². The maximum atomic E-state index is 11.3. The molecule has 3 rings (SSSR count). The lowest BCUT2D eigenvalue weighted by atomic mass is 10.2. The van der Waals surface area contributed by atoms with Crippen LogP contribution in [-0.2, 0) is 0 Å². The van der Waals surface area contributed by atoms with E-state index in [-0.39, 0.29) is 5.78 Å². The Kier molecular flexibility index (Phi) is 5.27. The minimum Gasteiger partial charge on any atom is -0.295 e. The molecule has 1 nitrogen and oxygen atoms in total. The summed E-state index contributed by atoms with van der Waals surface area (Å²) in [5, 5.41) is 0.817. The van der Waals surface area contributed by atoms with Crippen molar-refractivity contribution in [1.82, 2.24) is 0 Å². The fourth-order valence-electron chi connectivity index (χ4n) is 2.68. The van der Waals surface area contributed by atoms with Crippen LogP contribution in [0.5, 0.6) is 0 Å². The van der Waals surface area contributed by atoms with Crippen molar-refractivity contribution < 1.29 is 4.79 Å². The molecule has 0 bridgehead atoms. The summed E-state index contributed by atoms with van der Waals surface area (Å²) < 4.78 is 0. The molecule has 0 unspecified atom stereocenters. The third-order valence-corrected chi connectivity index (χ3v) is 6.29. The summed E-state index contributed by atoms with van der Waals surface area (Å²) >= 11 is 3.76. The van der Waals surface area contributed by atoms with E-state index < -0.39 is 0 Å². The Bertz CT molecular complexity index is 625. The average Bonchev–Trinajstić information content (AvgIpc) is 3.03. The minimum absolute atomic E-state index is 0.116. The van der Waals surface area contributed by atoms with Crippen LogP contribution in [0.1, 0.15) is 43.0 Å². The van der Waals surface area contributed by atoms with Crippen LogP contribution < -0.4 is 0 Å². The first-order valence-corrected chi connectivity index (χ1v) is 9.46. The zero-order valence-electron chi connectivity index (χ0n) is 12.7. The number of hydrogen-bond donors (Lipinski definition) is 0. The molecule has 0 heterocycles. The van der Waals surface area contributed by atoms with E-state index in [4.69, 9.17) is 0 Å². The van der Waals surface area contributed by atoms with E-state index in [1.165, 1.54) is 40.4 Å². The van der Waals surface area contributed by atoms with Crippen molar-refractivity contribution in [2.45, 2.75) is 52.5 Å². The smallest absolute Gasteiger partial charge is 0.159 e. The number of carbonyl (C=O) groups is 1. The lowest BCUT2D eigenvalue weighted by Crippen LogP contribution is -1.92. The van der Waals surface area contributed by atoms with Crippen LogP contribution in [0.15, 0.2) is 63.2 Å². The molecule has 114 valence electrons. The summed E-state index contributed by atoms with van der Waals surface area (Å²) in [7, 11) is 0. The van der Waals surface area contributed by atoms with Crippen molar-refractivity contribution in [1.29, 1.82) is 0 Å². The largest absolute Gasteiger partial charge is 0.295 e. The maximum absolute atomic E-state index is 11.3. The monoisotopic (exact) mass is 328 g/mol. The van der Waals surface area contributed by atoms with Crippen LogP contribution in [0, 0.1) is 0 Å². The SMILES string of the molecule is CC(=O)c1ccc(Sc2ccc(SC3CCCC3)cc2)cc1. The molecular formula is C19H20OS2. The van der Waals surface area contributed by atoms with E-state index in [2.05, 4.69) is 24.3 Å². The highest BCUT2D eigenvalue weighted by Crippen LogP contribution is 2.36. The predicted molar refractivity (Wildman–Crippen MR) is 95.1 cm³/mol. The van der Waals surface area contributed by atoms with E-state index in [1.54, 1.807) is 18.7 Å². The van der Waals surface area contributed by atoms with Crippen molar-refractivity contribution in [3.63, 3.8) is 0 Å². The Morgan fingerprint density at radius 2 is 1.36 bits per heavy atom. The number of rotatable bonds is 5. The molecule has 0 amide bonds. The summed E-state index contributed by atoms with van der Waals surface area (Å²) in [6.45, 7) is 1.60. The first-order valence-electron chi connectivity index (χ1n) is 7.76. The Morgan fingerprint density at radius 3 is 1.91 bits per heavy atom. The number of thioether (sulfide) groups is 1. The fraction of sp³-hybridized carbons (Fsp3) is 0.316. The van der Waals surface area contributed by atoms with Crippen molar-refractivity contribution in [3.8, 4) is 0 Å². The lowest BCUT2D eigenvalue weighted by molar-refractivity contribution is 0.101. The summed E-state index contributed by atoms with van der Waals surface area (Å²) in [5.41, 5.74) is 0.771. The van der Waals surface area contributed by atoms with Gasteiger partial charge in [-0.1, -0.05) is 36.7 Å². The average molecular weight is 329 g/mol. The highest BCUT2D eigenvalue weighted by atomic mass is 32.2. The van der Waals surface area contributed by atoms with Gasteiger partial charge in [-0.05, 0) is 56.2 Å². The molecule has 1 aliphatic rings. The first-order chi connectivity index (χ1) is 10.7. The van der Waals surface area contributed by atoms with E-state index in [9.17, 15) is 4.79 Å². The maximum Gasteiger partial charge on any atom is 0.159 e. The highest BCUT2D eigenvalue weighted by molar-refractivity contribution is 8.00. The van der Waals surface area contributed by atoms with Gasteiger partial charge in [-0.25, -0.2) is 0 Å². The third kappa shape index (κ3) is 4.17. The lowest BCUT2D eigenvalue weighted by Gasteiger charge is -2.09. The zero-order chi connectivity index (χ0) is 15.4. The molecule has 3 heteroatoms. The number of carbonyl (C=O) groups excluding carboxylic acids is 1. The molecule has 0 aliphatic heterocycles. The van der Waals surface area contributed by atoms with Crippen LogP contribution in [0.3, 0.4) is 0 Å². The summed E-state index contributed by atoms with van der Waals surface area (Å²) in [5.74, 6) is 0.116. The molecule has 2 aromatic carbocycles. The molecular weight excluding hydrogens is 308 g/mol. The second-order valence-corrected chi connectivity index (χ2v) is 8.20. The van der Waals surface area contributed by atoms with Gasteiger partial charge >= 0.3 is 0 Å². The molecule has 0 spiro atoms. The molecule has 1 saturated carbocycles. The summed E-state index contributed by atoms with van der Waals surface area (Å²) in [6, 6.07) is 16.7. The molecule has 22 heavy (non-hydrogen) atoms. The van der Waals surface area contributed by atoms with E-state index in [0.29, 0.717) is 0 Å². The fourth-order valence-corrected chi connectivity index (χ4v) is 4.74. The van der Waals surface area contributed by atoms with Crippen LogP contribution in [0.2, 0.25) is 0 Å². The normalized spacial score (nSPS) is 15.1. The van der Waals surface area contributed by atoms with Crippen molar-refractivity contribution in [2.24, 2.45) is 0 Å². The Balaban J connectivity index is 1.61. The number of Topliss-reactive ketones (excluding diaryl/α,β-unsaturated/α-hetero) is 1. The molecule has 1 fully saturated rings. The van der Waals surface area contributed by atoms with Crippen molar-refractivity contribution >= 4 is 29.3 Å². The van der Waals surface area contributed by atoms with Crippen LogP contribution in [0.4, 0.5) is 0 Å². The van der Waals surface area contributed by atoms with Crippen LogP contribution in [0.25, 0.3) is 0 Å². The standard InChI is InChI=1S/C19H20OS2/c1-14(20)15-6-8-17(9-7-15)22-19-12-10-18(11-13-19)21-16-4-2-3-5-16/h6-13,16H,2-5H2,1H3. The molecule has 0 atom stereocenters. The number of ketones is 1. The van der Waals surface area contributed by atoms with Crippen molar-refractivity contribution in [2.75, 3.05) is 0 Å². The van der Waals surface area contributed by atoms with Crippen molar-refractivity contribution in [3.05, 3.63) is 54.1 Å². The van der Waals surface area contributed by atoms with E-state index in [1.807, 2.05) is 36.0 Å².